The molecule has 0 aliphatic heterocycles. The highest BCUT2D eigenvalue weighted by Crippen LogP contribution is 2.67. The molecule has 7 atom stereocenters. The molecule has 3 fully saturated rings. The van der Waals surface area contributed by atoms with E-state index in [1.165, 1.54) is 44.9 Å². The van der Waals surface area contributed by atoms with Gasteiger partial charge < -0.3 is 5.11 Å². The van der Waals surface area contributed by atoms with Crippen molar-refractivity contribution >= 4 is 0 Å². The van der Waals surface area contributed by atoms with E-state index < -0.39 is 0 Å². The van der Waals surface area contributed by atoms with E-state index >= 15 is 0 Å². The molecule has 4 aliphatic carbocycles. The van der Waals surface area contributed by atoms with Gasteiger partial charge in [0.05, 0.1) is 6.10 Å². The van der Waals surface area contributed by atoms with Crippen molar-refractivity contribution in [2.24, 2.45) is 39.9 Å². The second-order valence-corrected chi connectivity index (χ2v) is 10.7. The van der Waals surface area contributed by atoms with Crippen LogP contribution in [0.1, 0.15) is 79.6 Å². The molecule has 1 heteroatoms. The molecular formula is C22H36O. The van der Waals surface area contributed by atoms with Crippen LogP contribution in [0.5, 0.6) is 0 Å². The van der Waals surface area contributed by atoms with Gasteiger partial charge in [0.1, 0.15) is 0 Å². The summed E-state index contributed by atoms with van der Waals surface area (Å²) in [7, 11) is 0. The Kier molecular flexibility index (Phi) is 3.43. The molecule has 1 N–H and O–H groups in total. The number of aliphatic hydroxyl groups excluding tert-OH is 1. The van der Waals surface area contributed by atoms with E-state index in [0.29, 0.717) is 5.41 Å². The number of hydrogen-bond acceptors (Lipinski definition) is 1. The van der Waals surface area contributed by atoms with E-state index in [1.807, 2.05) is 0 Å². The van der Waals surface area contributed by atoms with Gasteiger partial charge in [0.15, 0.2) is 0 Å². The molecule has 0 bridgehead atoms. The number of hydrogen-bond donors (Lipinski definition) is 1. The lowest BCUT2D eigenvalue weighted by molar-refractivity contribution is -0.0783. The molecule has 4 aliphatic rings. The normalized spacial score (nSPS) is 54.7. The largest absolute Gasteiger partial charge is 0.392 e. The van der Waals surface area contributed by atoms with Crippen LogP contribution >= 0.6 is 0 Å². The summed E-state index contributed by atoms with van der Waals surface area (Å²) in [6, 6.07) is 0. The summed E-state index contributed by atoms with van der Waals surface area (Å²) in [4.78, 5) is 0. The monoisotopic (exact) mass is 316 g/mol. The molecule has 130 valence electrons. The zero-order chi connectivity index (χ0) is 16.6. The van der Waals surface area contributed by atoms with Gasteiger partial charge in [-0.05, 0) is 84.9 Å². The number of fused-ring (bicyclic) bond motifs is 5. The molecule has 0 aromatic heterocycles. The Hall–Kier alpha value is -0.300. The Morgan fingerprint density at radius 1 is 1.04 bits per heavy atom. The van der Waals surface area contributed by atoms with Crippen LogP contribution in [0, 0.1) is 39.9 Å². The van der Waals surface area contributed by atoms with E-state index in [4.69, 9.17) is 0 Å². The van der Waals surface area contributed by atoms with Gasteiger partial charge in [-0.15, -0.1) is 0 Å². The van der Waals surface area contributed by atoms with Crippen LogP contribution in [0.25, 0.3) is 0 Å². The molecule has 0 aromatic rings. The van der Waals surface area contributed by atoms with Gasteiger partial charge in [-0.1, -0.05) is 46.3 Å². The van der Waals surface area contributed by atoms with E-state index in [1.54, 1.807) is 5.57 Å². The lowest BCUT2D eigenvalue weighted by Crippen LogP contribution is -2.51. The molecule has 3 saturated carbocycles. The second-order valence-electron chi connectivity index (χ2n) is 10.7. The van der Waals surface area contributed by atoms with Crippen molar-refractivity contribution in [1.82, 2.24) is 0 Å². The highest BCUT2D eigenvalue weighted by molar-refractivity contribution is 5.25. The number of aliphatic hydroxyl groups is 1. The topological polar surface area (TPSA) is 20.2 Å². The van der Waals surface area contributed by atoms with Crippen molar-refractivity contribution in [3.63, 3.8) is 0 Å². The molecular weight excluding hydrogens is 280 g/mol. The van der Waals surface area contributed by atoms with Crippen molar-refractivity contribution in [1.29, 1.82) is 0 Å². The summed E-state index contributed by atoms with van der Waals surface area (Å²) in [5.41, 5.74) is 2.52. The van der Waals surface area contributed by atoms with Crippen LogP contribution in [-0.4, -0.2) is 11.2 Å². The highest BCUT2D eigenvalue weighted by atomic mass is 16.3. The Balaban J connectivity index is 1.70. The van der Waals surface area contributed by atoms with Crippen molar-refractivity contribution in [2.75, 3.05) is 0 Å². The van der Waals surface area contributed by atoms with Gasteiger partial charge in [-0.25, -0.2) is 0 Å². The first-order chi connectivity index (χ1) is 10.7. The molecule has 1 nitrogen and oxygen atoms in total. The minimum absolute atomic E-state index is 0.0975. The summed E-state index contributed by atoms with van der Waals surface area (Å²) in [6.45, 7) is 12.0. The van der Waals surface area contributed by atoms with Crippen LogP contribution in [0.15, 0.2) is 11.6 Å². The van der Waals surface area contributed by atoms with Gasteiger partial charge in [0, 0.05) is 0 Å². The number of allylic oxidation sites excluding steroid dienone is 2. The van der Waals surface area contributed by atoms with Crippen molar-refractivity contribution in [3.05, 3.63) is 11.6 Å². The molecule has 0 radical (unpaired) electrons. The third-order valence-corrected chi connectivity index (χ3v) is 8.90. The smallest absolute Gasteiger partial charge is 0.0647 e. The first-order valence-electron chi connectivity index (χ1n) is 10.1. The molecule has 0 heterocycles. The molecule has 23 heavy (non-hydrogen) atoms. The zero-order valence-electron chi connectivity index (χ0n) is 15.9. The highest BCUT2D eigenvalue weighted by Gasteiger charge is 2.62. The summed E-state index contributed by atoms with van der Waals surface area (Å²) in [6.07, 6.45) is 11.8. The van der Waals surface area contributed by atoms with Gasteiger partial charge in [-0.2, -0.15) is 0 Å². The fraction of sp³-hybridized carbons (Fsp3) is 0.909. The maximum absolute atomic E-state index is 11.0. The van der Waals surface area contributed by atoms with E-state index in [9.17, 15) is 5.11 Å². The zero-order valence-corrected chi connectivity index (χ0v) is 15.9. The Bertz CT molecular complexity index is 532. The van der Waals surface area contributed by atoms with Crippen LogP contribution in [0.2, 0.25) is 0 Å². The molecule has 4 rings (SSSR count). The van der Waals surface area contributed by atoms with Gasteiger partial charge >= 0.3 is 0 Å². The molecule has 0 amide bonds. The summed E-state index contributed by atoms with van der Waals surface area (Å²) in [5, 5.41) is 11.0. The second kappa shape index (κ2) is 4.87. The summed E-state index contributed by atoms with van der Waals surface area (Å²) < 4.78 is 0. The first kappa shape index (κ1) is 16.2. The minimum atomic E-state index is -0.120. The van der Waals surface area contributed by atoms with Crippen molar-refractivity contribution in [2.45, 2.75) is 85.7 Å². The average Bonchev–Trinajstić information content (AvgIpc) is 2.68. The first-order valence-corrected chi connectivity index (χ1v) is 10.1. The number of rotatable bonds is 0. The van der Waals surface area contributed by atoms with Crippen LogP contribution in [-0.2, 0) is 0 Å². The fourth-order valence-corrected chi connectivity index (χ4v) is 7.49. The maximum Gasteiger partial charge on any atom is 0.0647 e. The molecule has 0 saturated heterocycles. The third kappa shape index (κ3) is 2.08. The van der Waals surface area contributed by atoms with E-state index in [2.05, 4.69) is 40.7 Å². The van der Waals surface area contributed by atoms with Gasteiger partial charge in [0.2, 0.25) is 0 Å². The van der Waals surface area contributed by atoms with Crippen LogP contribution in [0.4, 0.5) is 0 Å². The van der Waals surface area contributed by atoms with Crippen LogP contribution in [0.3, 0.4) is 0 Å². The quantitative estimate of drug-likeness (QED) is 0.578. The Morgan fingerprint density at radius 2 is 1.78 bits per heavy atom. The Labute approximate surface area is 142 Å². The summed E-state index contributed by atoms with van der Waals surface area (Å²) >= 11 is 0. The standard InChI is InChI=1S/C22H36O/c1-14-8-10-21(4)15(12-14)6-7-16-17(21)9-11-22(5)18(16)13-20(2,3)19(22)23/h6,14,16-19,23H,7-13H2,1-5H3/t14-,16+,17-,18-,19-,21-,22-/m0/s1. The van der Waals surface area contributed by atoms with E-state index in [-0.39, 0.29) is 16.9 Å². The molecule has 0 spiro atoms. The predicted molar refractivity (Wildman–Crippen MR) is 96.0 cm³/mol. The van der Waals surface area contributed by atoms with Crippen LogP contribution < -0.4 is 0 Å². The summed E-state index contributed by atoms with van der Waals surface area (Å²) in [5.74, 6) is 3.29. The lowest BCUT2D eigenvalue weighted by atomic mass is 9.47. The minimum Gasteiger partial charge on any atom is -0.392 e. The molecule has 0 aromatic carbocycles. The van der Waals surface area contributed by atoms with E-state index in [0.717, 1.165) is 23.7 Å². The maximum atomic E-state index is 11.0. The van der Waals surface area contributed by atoms with Crippen molar-refractivity contribution < 1.29 is 5.11 Å². The Morgan fingerprint density at radius 3 is 2.52 bits per heavy atom. The fourth-order valence-electron chi connectivity index (χ4n) is 7.49. The lowest BCUT2D eigenvalue weighted by Gasteiger charge is -2.57. The molecule has 0 unspecified atom stereocenters. The third-order valence-electron chi connectivity index (χ3n) is 8.90. The van der Waals surface area contributed by atoms with Crippen molar-refractivity contribution in [3.8, 4) is 0 Å². The van der Waals surface area contributed by atoms with Gasteiger partial charge in [0.25, 0.3) is 0 Å². The SMILES string of the molecule is C[C@H]1CC[C@@]2(C)C(=CC[C@H]3[C@@H]4CC(C)(C)[C@H](O)[C@@]4(C)CC[C@@H]32)C1. The average molecular weight is 317 g/mol. The van der Waals surface area contributed by atoms with Gasteiger partial charge in [-0.3, -0.25) is 0 Å². The predicted octanol–water partition coefficient (Wildman–Crippen LogP) is 5.58.